The fourth-order valence-electron chi connectivity index (χ4n) is 1.38. The molecule has 0 spiro atoms. The smallest absolute Gasteiger partial charge is 0.356 e. The SMILES string of the molecule is COC(=O)c1ccc2c(Cl)cc(F)cc2n1. The Morgan fingerprint density at radius 1 is 1.44 bits per heavy atom. The van der Waals surface area contributed by atoms with Gasteiger partial charge in [-0.3, -0.25) is 0 Å². The Labute approximate surface area is 95.8 Å². The van der Waals surface area contributed by atoms with Crippen molar-refractivity contribution < 1.29 is 13.9 Å². The Balaban J connectivity index is 2.66. The van der Waals surface area contributed by atoms with Crippen molar-refractivity contribution in [1.29, 1.82) is 0 Å². The molecule has 0 bridgehead atoms. The molecule has 0 atom stereocenters. The van der Waals surface area contributed by atoms with Gasteiger partial charge in [-0.05, 0) is 18.2 Å². The standard InChI is InChI=1S/C11H7ClFNO2/c1-16-11(15)9-3-2-7-8(12)4-6(13)5-10(7)14-9/h2-5H,1H3. The Hall–Kier alpha value is -1.68. The van der Waals surface area contributed by atoms with Gasteiger partial charge in [-0.2, -0.15) is 0 Å². The molecule has 1 aromatic heterocycles. The second-order valence-corrected chi connectivity index (χ2v) is 3.55. The van der Waals surface area contributed by atoms with Gasteiger partial charge >= 0.3 is 5.97 Å². The van der Waals surface area contributed by atoms with Crippen LogP contribution in [0.15, 0.2) is 24.3 Å². The van der Waals surface area contributed by atoms with Crippen molar-refractivity contribution >= 4 is 28.5 Å². The van der Waals surface area contributed by atoms with Gasteiger partial charge in [0.1, 0.15) is 11.5 Å². The molecule has 0 N–H and O–H groups in total. The van der Waals surface area contributed by atoms with Crippen LogP contribution in [0.25, 0.3) is 10.9 Å². The minimum atomic E-state index is -0.567. The highest BCUT2D eigenvalue weighted by Crippen LogP contribution is 2.23. The van der Waals surface area contributed by atoms with Crippen LogP contribution in [0.3, 0.4) is 0 Å². The van der Waals surface area contributed by atoms with Crippen LogP contribution in [0.5, 0.6) is 0 Å². The Morgan fingerprint density at radius 2 is 2.19 bits per heavy atom. The molecule has 3 nitrogen and oxygen atoms in total. The van der Waals surface area contributed by atoms with E-state index in [1.165, 1.54) is 25.3 Å². The number of hydrogen-bond donors (Lipinski definition) is 0. The first-order valence-corrected chi connectivity index (χ1v) is 4.84. The predicted molar refractivity (Wildman–Crippen MR) is 58.1 cm³/mol. The van der Waals surface area contributed by atoms with Crippen LogP contribution in [0.2, 0.25) is 5.02 Å². The number of halogens is 2. The summed E-state index contributed by atoms with van der Waals surface area (Å²) in [5, 5.41) is 0.856. The predicted octanol–water partition coefficient (Wildman–Crippen LogP) is 2.81. The summed E-state index contributed by atoms with van der Waals surface area (Å²) >= 11 is 5.83. The normalized spacial score (nSPS) is 10.4. The second kappa shape index (κ2) is 4.06. The first-order chi connectivity index (χ1) is 7.61. The summed E-state index contributed by atoms with van der Waals surface area (Å²) in [7, 11) is 1.26. The first kappa shape index (κ1) is 10.8. The molecular formula is C11H7ClFNO2. The summed E-state index contributed by atoms with van der Waals surface area (Å²) in [5.74, 6) is -1.06. The summed E-state index contributed by atoms with van der Waals surface area (Å²) in [6, 6.07) is 5.51. The fourth-order valence-corrected chi connectivity index (χ4v) is 1.64. The van der Waals surface area contributed by atoms with E-state index < -0.39 is 11.8 Å². The summed E-state index contributed by atoms with van der Waals surface area (Å²) in [4.78, 5) is 15.2. The van der Waals surface area contributed by atoms with Gasteiger partial charge in [-0.15, -0.1) is 0 Å². The van der Waals surface area contributed by atoms with Crippen LogP contribution in [-0.2, 0) is 4.74 Å². The van der Waals surface area contributed by atoms with Gasteiger partial charge in [0.15, 0.2) is 0 Å². The lowest BCUT2D eigenvalue weighted by atomic mass is 10.2. The number of fused-ring (bicyclic) bond motifs is 1. The van der Waals surface area contributed by atoms with E-state index in [1.807, 2.05) is 0 Å². The maximum Gasteiger partial charge on any atom is 0.356 e. The van der Waals surface area contributed by atoms with Crippen LogP contribution < -0.4 is 0 Å². The highest BCUT2D eigenvalue weighted by molar-refractivity contribution is 6.35. The zero-order chi connectivity index (χ0) is 11.7. The molecule has 1 aromatic carbocycles. The van der Waals surface area contributed by atoms with Crippen LogP contribution in [-0.4, -0.2) is 18.1 Å². The molecule has 0 aliphatic carbocycles. The van der Waals surface area contributed by atoms with Gasteiger partial charge in [0, 0.05) is 11.5 Å². The van der Waals surface area contributed by atoms with Crippen molar-refractivity contribution in [2.24, 2.45) is 0 Å². The molecule has 0 aliphatic rings. The van der Waals surface area contributed by atoms with Crippen molar-refractivity contribution in [2.45, 2.75) is 0 Å². The summed E-state index contributed by atoms with van der Waals surface area (Å²) in [6.07, 6.45) is 0. The second-order valence-electron chi connectivity index (χ2n) is 3.14. The number of pyridine rings is 1. The third-order valence-electron chi connectivity index (χ3n) is 2.12. The van der Waals surface area contributed by atoms with E-state index in [2.05, 4.69) is 9.72 Å². The molecule has 0 saturated heterocycles. The van der Waals surface area contributed by atoms with Gasteiger partial charge < -0.3 is 4.74 Å². The van der Waals surface area contributed by atoms with Gasteiger partial charge in [0.25, 0.3) is 0 Å². The van der Waals surface area contributed by atoms with Crippen LogP contribution in [0, 0.1) is 5.82 Å². The molecular weight excluding hydrogens is 233 g/mol. The number of hydrogen-bond acceptors (Lipinski definition) is 3. The van der Waals surface area contributed by atoms with E-state index in [0.29, 0.717) is 10.9 Å². The third-order valence-corrected chi connectivity index (χ3v) is 2.43. The largest absolute Gasteiger partial charge is 0.464 e. The topological polar surface area (TPSA) is 39.2 Å². The van der Waals surface area contributed by atoms with E-state index in [0.717, 1.165) is 0 Å². The van der Waals surface area contributed by atoms with Gasteiger partial charge in [-0.1, -0.05) is 11.6 Å². The molecule has 0 fully saturated rings. The molecule has 1 heterocycles. The molecule has 0 unspecified atom stereocenters. The maximum absolute atomic E-state index is 13.1. The number of rotatable bonds is 1. The zero-order valence-corrected chi connectivity index (χ0v) is 9.08. The molecule has 0 amide bonds. The Morgan fingerprint density at radius 3 is 2.88 bits per heavy atom. The molecule has 5 heteroatoms. The van der Waals surface area contributed by atoms with Gasteiger partial charge in [0.05, 0.1) is 17.6 Å². The molecule has 0 aliphatic heterocycles. The average Bonchev–Trinajstić information content (AvgIpc) is 2.27. The lowest BCUT2D eigenvalue weighted by Gasteiger charge is -2.03. The molecule has 0 radical (unpaired) electrons. The van der Waals surface area contributed by atoms with Crippen LogP contribution in [0.1, 0.15) is 10.5 Å². The number of methoxy groups -OCH3 is 1. The summed E-state index contributed by atoms with van der Waals surface area (Å²) < 4.78 is 17.6. The average molecular weight is 240 g/mol. The van der Waals surface area contributed by atoms with Crippen LogP contribution in [0.4, 0.5) is 4.39 Å². The van der Waals surface area contributed by atoms with E-state index in [1.54, 1.807) is 6.07 Å². The van der Waals surface area contributed by atoms with Crippen molar-refractivity contribution in [3.8, 4) is 0 Å². The number of aromatic nitrogens is 1. The van der Waals surface area contributed by atoms with Crippen molar-refractivity contribution in [3.63, 3.8) is 0 Å². The van der Waals surface area contributed by atoms with Crippen molar-refractivity contribution in [2.75, 3.05) is 7.11 Å². The monoisotopic (exact) mass is 239 g/mol. The Kier molecular flexibility index (Phi) is 2.75. The molecule has 2 rings (SSSR count). The number of benzene rings is 1. The highest BCUT2D eigenvalue weighted by Gasteiger charge is 2.10. The third kappa shape index (κ3) is 1.84. The fraction of sp³-hybridized carbons (Fsp3) is 0.0909. The maximum atomic E-state index is 13.1. The number of ether oxygens (including phenoxy) is 1. The van der Waals surface area contributed by atoms with Gasteiger partial charge in [0.2, 0.25) is 0 Å². The lowest BCUT2D eigenvalue weighted by molar-refractivity contribution is 0.0594. The van der Waals surface area contributed by atoms with Crippen LogP contribution >= 0.6 is 11.6 Å². The number of carbonyl (C=O) groups is 1. The number of nitrogens with zero attached hydrogens (tertiary/aromatic N) is 1. The minimum Gasteiger partial charge on any atom is -0.464 e. The summed E-state index contributed by atoms with van der Waals surface area (Å²) in [5.41, 5.74) is 0.449. The van der Waals surface area contributed by atoms with E-state index in [9.17, 15) is 9.18 Å². The van der Waals surface area contributed by atoms with E-state index in [-0.39, 0.29) is 10.7 Å². The van der Waals surface area contributed by atoms with Crippen molar-refractivity contribution in [1.82, 2.24) is 4.98 Å². The molecule has 16 heavy (non-hydrogen) atoms. The molecule has 2 aromatic rings. The molecule has 0 saturated carbocycles. The summed E-state index contributed by atoms with van der Waals surface area (Å²) in [6.45, 7) is 0. The van der Waals surface area contributed by atoms with E-state index in [4.69, 9.17) is 11.6 Å². The quantitative estimate of drug-likeness (QED) is 0.719. The first-order valence-electron chi connectivity index (χ1n) is 4.46. The zero-order valence-electron chi connectivity index (χ0n) is 8.33. The molecule has 82 valence electrons. The number of carbonyl (C=O) groups excluding carboxylic acids is 1. The van der Waals surface area contributed by atoms with Crippen molar-refractivity contribution in [3.05, 3.63) is 40.8 Å². The number of esters is 1. The lowest BCUT2D eigenvalue weighted by Crippen LogP contribution is -2.04. The highest BCUT2D eigenvalue weighted by atomic mass is 35.5. The van der Waals surface area contributed by atoms with E-state index >= 15 is 0 Å². The Bertz CT molecular complexity index is 571. The minimum absolute atomic E-state index is 0.122. The van der Waals surface area contributed by atoms with Gasteiger partial charge in [-0.25, -0.2) is 14.2 Å².